The molecule has 5 heteroatoms. The second-order valence-electron chi connectivity index (χ2n) is 7.42. The number of rotatable bonds is 6. The highest BCUT2D eigenvalue weighted by molar-refractivity contribution is 6.30. The second kappa shape index (κ2) is 8.43. The lowest BCUT2D eigenvalue weighted by atomic mass is 9.83. The minimum absolute atomic E-state index is 0.185. The smallest absolute Gasteiger partial charge is 0.279 e. The number of fused-ring (bicyclic) bond motifs is 2. The molecule has 0 fully saturated rings. The zero-order valence-electron chi connectivity index (χ0n) is 16.8. The van der Waals surface area contributed by atoms with Gasteiger partial charge in [-0.25, -0.2) is 0 Å². The highest BCUT2D eigenvalue weighted by Gasteiger charge is 2.31. The lowest BCUT2D eigenvalue weighted by molar-refractivity contribution is -0.903. The maximum Gasteiger partial charge on any atom is 0.279 e. The molecule has 3 aromatic carbocycles. The zero-order valence-corrected chi connectivity index (χ0v) is 16.8. The average molecular weight is 399 g/mol. The van der Waals surface area contributed by atoms with Crippen molar-refractivity contribution < 1.29 is 19.3 Å². The number of anilines is 1. The molecule has 4 rings (SSSR count). The maximum atomic E-state index is 13.1. The Labute approximate surface area is 175 Å². The fourth-order valence-electron chi connectivity index (χ4n) is 3.87. The van der Waals surface area contributed by atoms with E-state index < -0.39 is 0 Å². The van der Waals surface area contributed by atoms with E-state index in [-0.39, 0.29) is 29.6 Å². The first-order valence-electron chi connectivity index (χ1n) is 10.1. The Bertz CT molecular complexity index is 1120. The molecule has 150 valence electrons. The molecule has 5 nitrogen and oxygen atoms in total. The molecule has 2 N–H and O–H groups in total. The molecule has 3 aromatic rings. The summed E-state index contributed by atoms with van der Waals surface area (Å²) in [5.74, 6) is -0.614. The molecule has 1 aliphatic rings. The highest BCUT2D eigenvalue weighted by Crippen LogP contribution is 2.31. The molecule has 1 amide bonds. The summed E-state index contributed by atoms with van der Waals surface area (Å²) in [5, 5.41) is 2.87. The van der Waals surface area contributed by atoms with Crippen LogP contribution in [-0.2, 0) is 11.3 Å². The molecule has 1 aliphatic carbocycles. The number of quaternary nitrogens is 1. The Hall–Kier alpha value is -3.57. The third kappa shape index (κ3) is 3.80. The minimum Gasteiger partial charge on any atom is -0.324 e. The van der Waals surface area contributed by atoms with Gasteiger partial charge in [-0.15, -0.1) is 0 Å². The van der Waals surface area contributed by atoms with Crippen LogP contribution in [0.3, 0.4) is 0 Å². The number of amides is 1. The molecule has 0 aliphatic heterocycles. The van der Waals surface area contributed by atoms with Crippen molar-refractivity contribution in [2.24, 2.45) is 0 Å². The van der Waals surface area contributed by atoms with Crippen LogP contribution >= 0.6 is 0 Å². The van der Waals surface area contributed by atoms with Gasteiger partial charge in [0.2, 0.25) is 0 Å². The van der Waals surface area contributed by atoms with Crippen LogP contribution in [0.25, 0.3) is 0 Å². The predicted octanol–water partition coefficient (Wildman–Crippen LogP) is 2.51. The van der Waals surface area contributed by atoms with Crippen LogP contribution in [-0.4, -0.2) is 30.6 Å². The molecule has 1 atom stereocenters. The summed E-state index contributed by atoms with van der Waals surface area (Å²) in [4.78, 5) is 39.8. The SMILES string of the molecule is CC[NH+](CC(=O)Nc1cccc2c1C(=O)c1ccccc1C2=O)Cc1ccccc1. The van der Waals surface area contributed by atoms with Crippen molar-refractivity contribution in [1.82, 2.24) is 0 Å². The Balaban J connectivity index is 1.55. The van der Waals surface area contributed by atoms with Crippen LogP contribution < -0.4 is 10.2 Å². The third-order valence-corrected chi connectivity index (χ3v) is 5.43. The van der Waals surface area contributed by atoms with E-state index in [0.717, 1.165) is 23.6 Å². The number of carbonyl (C=O) groups excluding carboxylic acids is 3. The van der Waals surface area contributed by atoms with E-state index in [2.05, 4.69) is 5.32 Å². The van der Waals surface area contributed by atoms with E-state index in [9.17, 15) is 14.4 Å². The molecule has 0 bridgehead atoms. The standard InChI is InChI=1S/C25H22N2O3/c1-2-27(15-17-9-4-3-5-10-17)16-22(28)26-21-14-8-13-20-23(21)25(30)19-12-7-6-11-18(19)24(20)29/h3-14H,2,15-16H2,1H3,(H,26,28)/p+1. The van der Waals surface area contributed by atoms with Gasteiger partial charge in [0, 0.05) is 22.3 Å². The summed E-state index contributed by atoms with van der Waals surface area (Å²) in [6.07, 6.45) is 0. The molecule has 1 unspecified atom stereocenters. The van der Waals surface area contributed by atoms with Crippen molar-refractivity contribution in [3.8, 4) is 0 Å². The number of likely N-dealkylation sites (N-methyl/N-ethyl adjacent to an activating group) is 1. The molecule has 0 spiro atoms. The summed E-state index contributed by atoms with van der Waals surface area (Å²) in [6.45, 7) is 3.84. The fraction of sp³-hybridized carbons (Fsp3) is 0.160. The fourth-order valence-corrected chi connectivity index (χ4v) is 3.87. The number of benzene rings is 3. The topological polar surface area (TPSA) is 67.7 Å². The van der Waals surface area contributed by atoms with Crippen molar-refractivity contribution >= 4 is 23.2 Å². The zero-order chi connectivity index (χ0) is 21.1. The first kappa shape index (κ1) is 19.7. The van der Waals surface area contributed by atoms with Gasteiger partial charge in [-0.3, -0.25) is 14.4 Å². The van der Waals surface area contributed by atoms with Crippen LogP contribution in [0.15, 0.2) is 72.8 Å². The van der Waals surface area contributed by atoms with Crippen molar-refractivity contribution in [2.75, 3.05) is 18.4 Å². The van der Waals surface area contributed by atoms with Gasteiger partial charge in [-0.2, -0.15) is 0 Å². The summed E-state index contributed by atoms with van der Waals surface area (Å²) in [6, 6.07) is 21.8. The Morgan fingerprint density at radius 2 is 1.43 bits per heavy atom. The van der Waals surface area contributed by atoms with Gasteiger partial charge in [-0.05, 0) is 13.0 Å². The molecular weight excluding hydrogens is 376 g/mol. The summed E-state index contributed by atoms with van der Waals surface area (Å²) >= 11 is 0. The van der Waals surface area contributed by atoms with Crippen LogP contribution in [0.4, 0.5) is 5.69 Å². The Morgan fingerprint density at radius 3 is 2.13 bits per heavy atom. The van der Waals surface area contributed by atoms with Gasteiger partial charge >= 0.3 is 0 Å². The summed E-state index contributed by atoms with van der Waals surface area (Å²) in [5.41, 5.74) is 2.94. The predicted molar refractivity (Wildman–Crippen MR) is 115 cm³/mol. The van der Waals surface area contributed by atoms with Gasteiger partial charge < -0.3 is 10.2 Å². The largest absolute Gasteiger partial charge is 0.324 e. The van der Waals surface area contributed by atoms with Gasteiger partial charge in [0.05, 0.1) is 17.8 Å². The first-order valence-corrected chi connectivity index (χ1v) is 10.1. The van der Waals surface area contributed by atoms with Crippen LogP contribution in [0.2, 0.25) is 0 Å². The first-order chi connectivity index (χ1) is 14.6. The number of hydrogen-bond donors (Lipinski definition) is 2. The molecule has 0 aromatic heterocycles. The van der Waals surface area contributed by atoms with E-state index in [4.69, 9.17) is 0 Å². The molecule has 0 saturated carbocycles. The Kier molecular flexibility index (Phi) is 5.55. The summed E-state index contributed by atoms with van der Waals surface area (Å²) in [7, 11) is 0. The number of nitrogens with one attached hydrogen (secondary N) is 2. The maximum absolute atomic E-state index is 13.1. The Morgan fingerprint density at radius 1 is 0.800 bits per heavy atom. The normalized spacial score (nSPS) is 13.4. The van der Waals surface area contributed by atoms with E-state index in [0.29, 0.717) is 22.4 Å². The van der Waals surface area contributed by atoms with Gasteiger partial charge in [-0.1, -0.05) is 66.7 Å². The van der Waals surface area contributed by atoms with Crippen molar-refractivity contribution in [3.63, 3.8) is 0 Å². The lowest BCUT2D eigenvalue weighted by Gasteiger charge is -2.21. The van der Waals surface area contributed by atoms with E-state index >= 15 is 0 Å². The quantitative estimate of drug-likeness (QED) is 0.524. The van der Waals surface area contributed by atoms with Gasteiger partial charge in [0.15, 0.2) is 18.1 Å². The average Bonchev–Trinajstić information content (AvgIpc) is 2.77. The second-order valence-corrected chi connectivity index (χ2v) is 7.42. The molecule has 0 radical (unpaired) electrons. The molecular formula is C25H23N2O3+. The van der Waals surface area contributed by atoms with E-state index in [1.54, 1.807) is 42.5 Å². The number of hydrogen-bond acceptors (Lipinski definition) is 3. The van der Waals surface area contributed by atoms with Crippen molar-refractivity contribution in [2.45, 2.75) is 13.5 Å². The van der Waals surface area contributed by atoms with Gasteiger partial charge in [0.1, 0.15) is 6.54 Å². The van der Waals surface area contributed by atoms with Gasteiger partial charge in [0.25, 0.3) is 5.91 Å². The highest BCUT2D eigenvalue weighted by atomic mass is 16.2. The minimum atomic E-state index is -0.236. The van der Waals surface area contributed by atoms with Crippen LogP contribution in [0, 0.1) is 0 Å². The number of carbonyl (C=O) groups is 3. The van der Waals surface area contributed by atoms with Crippen molar-refractivity contribution in [3.05, 3.63) is 101 Å². The summed E-state index contributed by atoms with van der Waals surface area (Å²) < 4.78 is 0. The van der Waals surface area contributed by atoms with Crippen LogP contribution in [0.5, 0.6) is 0 Å². The lowest BCUT2D eigenvalue weighted by Crippen LogP contribution is -3.11. The molecule has 0 heterocycles. The molecule has 0 saturated heterocycles. The molecule has 30 heavy (non-hydrogen) atoms. The monoisotopic (exact) mass is 399 g/mol. The van der Waals surface area contributed by atoms with E-state index in [1.807, 2.05) is 37.3 Å². The van der Waals surface area contributed by atoms with Crippen molar-refractivity contribution in [1.29, 1.82) is 0 Å². The third-order valence-electron chi connectivity index (χ3n) is 5.43. The number of ketones is 2. The van der Waals surface area contributed by atoms with Crippen LogP contribution in [0.1, 0.15) is 44.3 Å². The van der Waals surface area contributed by atoms with E-state index in [1.165, 1.54) is 0 Å².